The Bertz CT molecular complexity index is 415. The molecule has 21 heavy (non-hydrogen) atoms. The average Bonchev–Trinajstić information content (AvgIpc) is 2.75. The van der Waals surface area contributed by atoms with Crippen LogP contribution in [0.1, 0.15) is 49.9 Å². The first-order valence-electron chi connectivity index (χ1n) is 8.12. The molecule has 0 amide bonds. The highest BCUT2D eigenvalue weighted by molar-refractivity contribution is 5.29. The zero-order valence-corrected chi connectivity index (χ0v) is 13.4. The van der Waals surface area contributed by atoms with E-state index in [1.54, 1.807) is 7.11 Å². The number of aryl methyl sites for hydroxylation is 1. The Kier molecular flexibility index (Phi) is 6.96. The van der Waals surface area contributed by atoms with Crippen molar-refractivity contribution in [3.8, 4) is 5.75 Å². The molecule has 0 saturated heterocycles. The minimum Gasteiger partial charge on any atom is -0.488 e. The van der Waals surface area contributed by atoms with E-state index in [9.17, 15) is 0 Å². The topological polar surface area (TPSA) is 43.4 Å². The van der Waals surface area contributed by atoms with Gasteiger partial charge in [0.05, 0.1) is 18.4 Å². The molecule has 118 valence electrons. The maximum absolute atomic E-state index is 6.24. The quantitative estimate of drug-likeness (QED) is 0.619. The number of hydrogen-bond acceptors (Lipinski definition) is 4. The van der Waals surface area contributed by atoms with Gasteiger partial charge in [0.15, 0.2) is 0 Å². The Morgan fingerprint density at radius 3 is 2.67 bits per heavy atom. The van der Waals surface area contributed by atoms with Crippen molar-refractivity contribution in [3.05, 3.63) is 23.5 Å². The summed E-state index contributed by atoms with van der Waals surface area (Å²) < 4.78 is 11.3. The van der Waals surface area contributed by atoms with Crippen LogP contribution in [0.15, 0.2) is 12.1 Å². The molecular weight excluding hydrogens is 264 g/mol. The lowest BCUT2D eigenvalue weighted by Gasteiger charge is -2.19. The molecule has 1 aliphatic carbocycles. The molecule has 4 heteroatoms. The number of pyridine rings is 1. The maximum atomic E-state index is 6.24. The lowest BCUT2D eigenvalue weighted by Crippen LogP contribution is -2.22. The van der Waals surface area contributed by atoms with Crippen molar-refractivity contribution < 1.29 is 9.47 Å². The standard InChI is InChI=1S/C17H28N2O2/c1-14-9-10-17(16(19-14)13-18-11-12-20-2)21-15-7-5-3-4-6-8-15/h9-10,15,18H,3-8,11-13H2,1-2H3. The summed E-state index contributed by atoms with van der Waals surface area (Å²) in [6.07, 6.45) is 7.95. The number of rotatable bonds is 7. The number of methoxy groups -OCH3 is 1. The van der Waals surface area contributed by atoms with Crippen molar-refractivity contribution in [1.29, 1.82) is 0 Å². The Balaban J connectivity index is 1.96. The molecule has 0 atom stereocenters. The van der Waals surface area contributed by atoms with Crippen molar-refractivity contribution in [3.63, 3.8) is 0 Å². The van der Waals surface area contributed by atoms with Gasteiger partial charge in [0, 0.05) is 25.9 Å². The predicted molar refractivity (Wildman–Crippen MR) is 84.7 cm³/mol. The summed E-state index contributed by atoms with van der Waals surface area (Å²) in [5.41, 5.74) is 2.04. The van der Waals surface area contributed by atoms with Gasteiger partial charge in [0.1, 0.15) is 5.75 Å². The number of aromatic nitrogens is 1. The monoisotopic (exact) mass is 292 g/mol. The largest absolute Gasteiger partial charge is 0.488 e. The average molecular weight is 292 g/mol. The van der Waals surface area contributed by atoms with Gasteiger partial charge in [-0.05, 0) is 44.7 Å². The summed E-state index contributed by atoms with van der Waals surface area (Å²) in [6, 6.07) is 4.10. The van der Waals surface area contributed by atoms with Crippen molar-refractivity contribution in [2.24, 2.45) is 0 Å². The fourth-order valence-electron chi connectivity index (χ4n) is 2.75. The lowest BCUT2D eigenvalue weighted by atomic mass is 10.1. The molecule has 0 aromatic carbocycles. The van der Waals surface area contributed by atoms with Gasteiger partial charge < -0.3 is 14.8 Å². The van der Waals surface area contributed by atoms with E-state index in [-0.39, 0.29) is 0 Å². The zero-order chi connectivity index (χ0) is 14.9. The number of nitrogens with one attached hydrogen (secondary N) is 1. The molecule has 1 saturated carbocycles. The van der Waals surface area contributed by atoms with Crippen LogP contribution < -0.4 is 10.1 Å². The third-order valence-electron chi connectivity index (χ3n) is 3.94. The second-order valence-corrected chi connectivity index (χ2v) is 5.80. The number of nitrogens with zero attached hydrogens (tertiary/aromatic N) is 1. The Morgan fingerprint density at radius 2 is 1.95 bits per heavy atom. The normalized spacial score (nSPS) is 16.7. The maximum Gasteiger partial charge on any atom is 0.142 e. The Morgan fingerprint density at radius 1 is 1.19 bits per heavy atom. The number of hydrogen-bond donors (Lipinski definition) is 1. The highest BCUT2D eigenvalue weighted by Gasteiger charge is 2.16. The van der Waals surface area contributed by atoms with E-state index in [0.717, 1.165) is 30.2 Å². The highest BCUT2D eigenvalue weighted by atomic mass is 16.5. The van der Waals surface area contributed by atoms with E-state index in [2.05, 4.69) is 16.4 Å². The van der Waals surface area contributed by atoms with E-state index in [1.165, 1.54) is 38.5 Å². The Labute approximate surface area is 128 Å². The van der Waals surface area contributed by atoms with Gasteiger partial charge >= 0.3 is 0 Å². The first kappa shape index (κ1) is 16.2. The fourth-order valence-corrected chi connectivity index (χ4v) is 2.75. The Hall–Kier alpha value is -1.13. The molecule has 1 aromatic heterocycles. The van der Waals surface area contributed by atoms with Gasteiger partial charge in [-0.1, -0.05) is 12.8 Å². The molecular formula is C17H28N2O2. The lowest BCUT2D eigenvalue weighted by molar-refractivity contribution is 0.179. The second kappa shape index (κ2) is 9.00. The van der Waals surface area contributed by atoms with Crippen molar-refractivity contribution in [2.75, 3.05) is 20.3 Å². The molecule has 0 aliphatic heterocycles. The summed E-state index contributed by atoms with van der Waals surface area (Å²) in [5, 5.41) is 3.35. The van der Waals surface area contributed by atoms with E-state index in [4.69, 9.17) is 9.47 Å². The summed E-state index contributed by atoms with van der Waals surface area (Å²) >= 11 is 0. The molecule has 1 fully saturated rings. The molecule has 1 aromatic rings. The van der Waals surface area contributed by atoms with Gasteiger partial charge in [0.25, 0.3) is 0 Å². The molecule has 0 radical (unpaired) electrons. The summed E-state index contributed by atoms with van der Waals surface area (Å²) in [6.45, 7) is 4.29. The van der Waals surface area contributed by atoms with Gasteiger partial charge in [-0.3, -0.25) is 4.98 Å². The molecule has 4 nitrogen and oxygen atoms in total. The van der Waals surface area contributed by atoms with E-state index < -0.39 is 0 Å². The molecule has 1 N–H and O–H groups in total. The van der Waals surface area contributed by atoms with Crippen molar-refractivity contribution >= 4 is 0 Å². The van der Waals surface area contributed by atoms with Gasteiger partial charge in [0.2, 0.25) is 0 Å². The second-order valence-electron chi connectivity index (χ2n) is 5.80. The smallest absolute Gasteiger partial charge is 0.142 e. The molecule has 0 spiro atoms. The first-order valence-corrected chi connectivity index (χ1v) is 8.12. The third kappa shape index (κ3) is 5.64. The van der Waals surface area contributed by atoms with Crippen LogP contribution in [0.5, 0.6) is 5.75 Å². The van der Waals surface area contributed by atoms with Gasteiger partial charge in [-0.25, -0.2) is 0 Å². The molecule has 0 bridgehead atoms. The minimum atomic E-state index is 0.356. The minimum absolute atomic E-state index is 0.356. The van der Waals surface area contributed by atoms with Crippen molar-refractivity contribution in [1.82, 2.24) is 10.3 Å². The zero-order valence-electron chi connectivity index (χ0n) is 13.4. The first-order chi connectivity index (χ1) is 10.3. The van der Waals surface area contributed by atoms with Crippen LogP contribution in [0, 0.1) is 6.92 Å². The SMILES string of the molecule is COCCNCc1nc(C)ccc1OC1CCCCCC1. The van der Waals surface area contributed by atoms with E-state index >= 15 is 0 Å². The van der Waals surface area contributed by atoms with E-state index in [0.29, 0.717) is 12.7 Å². The third-order valence-corrected chi connectivity index (χ3v) is 3.94. The molecule has 1 heterocycles. The molecule has 1 aliphatic rings. The van der Waals surface area contributed by atoms with Crippen LogP contribution in [0.4, 0.5) is 0 Å². The summed E-state index contributed by atoms with van der Waals surface area (Å²) in [4.78, 5) is 4.63. The highest BCUT2D eigenvalue weighted by Crippen LogP contribution is 2.25. The van der Waals surface area contributed by atoms with Crippen LogP contribution in [0.25, 0.3) is 0 Å². The predicted octanol–water partition coefficient (Wildman–Crippen LogP) is 3.23. The van der Waals surface area contributed by atoms with Crippen LogP contribution in [0.2, 0.25) is 0 Å². The van der Waals surface area contributed by atoms with Crippen LogP contribution in [-0.4, -0.2) is 31.3 Å². The summed E-state index contributed by atoms with van der Waals surface area (Å²) in [5.74, 6) is 0.942. The molecule has 2 rings (SSSR count). The van der Waals surface area contributed by atoms with Crippen LogP contribution >= 0.6 is 0 Å². The van der Waals surface area contributed by atoms with Gasteiger partial charge in [-0.2, -0.15) is 0 Å². The number of ether oxygens (including phenoxy) is 2. The van der Waals surface area contributed by atoms with Gasteiger partial charge in [-0.15, -0.1) is 0 Å². The van der Waals surface area contributed by atoms with E-state index in [1.807, 2.05) is 13.0 Å². The van der Waals surface area contributed by atoms with Crippen LogP contribution in [-0.2, 0) is 11.3 Å². The van der Waals surface area contributed by atoms with Crippen LogP contribution in [0.3, 0.4) is 0 Å². The van der Waals surface area contributed by atoms with Crippen molar-refractivity contribution in [2.45, 2.75) is 58.1 Å². The fraction of sp³-hybridized carbons (Fsp3) is 0.706. The molecule has 0 unspecified atom stereocenters. The summed E-state index contributed by atoms with van der Waals surface area (Å²) in [7, 11) is 1.72.